The zero-order valence-electron chi connectivity index (χ0n) is 18.3. The van der Waals surface area contributed by atoms with Gasteiger partial charge in [0.1, 0.15) is 0 Å². The largest absolute Gasteiger partial charge is 0.325 e. The third-order valence-corrected chi connectivity index (χ3v) is 6.86. The van der Waals surface area contributed by atoms with Crippen molar-refractivity contribution in [2.75, 3.05) is 11.1 Å². The van der Waals surface area contributed by atoms with Gasteiger partial charge in [0.25, 0.3) is 5.69 Å². The fourth-order valence-electron chi connectivity index (χ4n) is 3.50. The highest BCUT2D eigenvalue weighted by atomic mass is 32.2. The lowest BCUT2D eigenvalue weighted by Gasteiger charge is -2.10. The average molecular weight is 492 g/mol. The standard InChI is InChI=1S/C24H21N5O3S2/c1-3-12-28-23(20-14-33-16(2)22(20)17-8-5-4-6-9-17)26-27-24(28)34-15-21(30)25-18-10-7-11-19(13-18)29(31)32/h3-11,13-14H,1,12,15H2,2H3,(H,25,30). The molecule has 0 radical (unpaired) electrons. The number of carbonyl (C=O) groups excluding carboxylic acids is 1. The van der Waals surface area contributed by atoms with Gasteiger partial charge in [0, 0.05) is 45.7 Å². The number of amides is 1. The topological polar surface area (TPSA) is 103 Å². The Hall–Kier alpha value is -3.76. The molecule has 0 unspecified atom stereocenters. The van der Waals surface area contributed by atoms with E-state index >= 15 is 0 Å². The minimum Gasteiger partial charge on any atom is -0.325 e. The van der Waals surface area contributed by atoms with Gasteiger partial charge in [-0.15, -0.1) is 28.1 Å². The Labute approximate surface area is 204 Å². The van der Waals surface area contributed by atoms with E-state index in [0.29, 0.717) is 23.2 Å². The second-order valence-corrected chi connectivity index (χ2v) is 9.32. The molecule has 8 nitrogen and oxygen atoms in total. The van der Waals surface area contributed by atoms with E-state index in [2.05, 4.69) is 46.5 Å². The van der Waals surface area contributed by atoms with Crippen LogP contribution in [0, 0.1) is 17.0 Å². The number of aromatic nitrogens is 3. The summed E-state index contributed by atoms with van der Waals surface area (Å²) >= 11 is 2.90. The van der Waals surface area contributed by atoms with E-state index in [1.54, 1.807) is 23.5 Å². The van der Waals surface area contributed by atoms with Crippen LogP contribution < -0.4 is 5.32 Å². The van der Waals surface area contributed by atoms with Crippen molar-refractivity contribution in [1.29, 1.82) is 0 Å². The first-order valence-corrected chi connectivity index (χ1v) is 12.2. The van der Waals surface area contributed by atoms with Gasteiger partial charge >= 0.3 is 0 Å². The number of hydrogen-bond acceptors (Lipinski definition) is 7. The number of nitrogens with zero attached hydrogens (tertiary/aromatic N) is 4. The molecule has 0 aliphatic rings. The van der Waals surface area contributed by atoms with E-state index in [1.807, 2.05) is 22.8 Å². The maximum absolute atomic E-state index is 12.5. The maximum Gasteiger partial charge on any atom is 0.271 e. The number of benzene rings is 2. The van der Waals surface area contributed by atoms with Crippen molar-refractivity contribution in [1.82, 2.24) is 14.8 Å². The number of thioether (sulfide) groups is 1. The Morgan fingerprint density at radius 3 is 2.76 bits per heavy atom. The number of carbonyl (C=O) groups is 1. The van der Waals surface area contributed by atoms with Crippen LogP contribution in [0.15, 0.2) is 77.8 Å². The van der Waals surface area contributed by atoms with Crippen LogP contribution in [-0.2, 0) is 11.3 Å². The summed E-state index contributed by atoms with van der Waals surface area (Å²) in [5, 5.41) is 25.1. The van der Waals surface area contributed by atoms with Crippen LogP contribution in [0.4, 0.5) is 11.4 Å². The first kappa shape index (κ1) is 23.4. The molecule has 0 bridgehead atoms. The Morgan fingerprint density at radius 2 is 2.03 bits per heavy atom. The predicted molar refractivity (Wildman–Crippen MR) is 136 cm³/mol. The third-order valence-electron chi connectivity index (χ3n) is 4.98. The Balaban J connectivity index is 1.55. The third kappa shape index (κ3) is 5.08. The summed E-state index contributed by atoms with van der Waals surface area (Å²) in [7, 11) is 0. The number of allylic oxidation sites excluding steroid dienone is 1. The van der Waals surface area contributed by atoms with Crippen molar-refractivity contribution in [2.45, 2.75) is 18.6 Å². The Kier molecular flexibility index (Phi) is 7.19. The highest BCUT2D eigenvalue weighted by molar-refractivity contribution is 7.99. The van der Waals surface area contributed by atoms with Gasteiger partial charge in [-0.2, -0.15) is 0 Å². The van der Waals surface area contributed by atoms with Gasteiger partial charge in [0.05, 0.1) is 10.7 Å². The normalized spacial score (nSPS) is 10.7. The lowest BCUT2D eigenvalue weighted by molar-refractivity contribution is -0.384. The van der Waals surface area contributed by atoms with Crippen molar-refractivity contribution >= 4 is 40.4 Å². The molecule has 0 saturated carbocycles. The summed E-state index contributed by atoms with van der Waals surface area (Å²) in [4.78, 5) is 24.1. The fourth-order valence-corrected chi connectivity index (χ4v) is 5.11. The Morgan fingerprint density at radius 1 is 1.24 bits per heavy atom. The van der Waals surface area contributed by atoms with Gasteiger partial charge in [0.15, 0.2) is 11.0 Å². The van der Waals surface area contributed by atoms with Crippen LogP contribution in [0.3, 0.4) is 0 Å². The number of nitrogens with one attached hydrogen (secondary N) is 1. The summed E-state index contributed by atoms with van der Waals surface area (Å²) < 4.78 is 1.94. The van der Waals surface area contributed by atoms with Crippen molar-refractivity contribution in [3.05, 3.63) is 87.6 Å². The number of hydrogen-bond donors (Lipinski definition) is 1. The minimum absolute atomic E-state index is 0.0756. The number of nitro groups is 1. The fraction of sp³-hybridized carbons (Fsp3) is 0.125. The number of thiophene rings is 1. The molecule has 0 fully saturated rings. The summed E-state index contributed by atoms with van der Waals surface area (Å²) in [5.41, 5.74) is 3.49. The molecule has 0 saturated heterocycles. The highest BCUT2D eigenvalue weighted by Crippen LogP contribution is 2.39. The van der Waals surface area contributed by atoms with Gasteiger partial charge in [-0.3, -0.25) is 19.5 Å². The molecule has 2 heterocycles. The molecular weight excluding hydrogens is 470 g/mol. The quantitative estimate of drug-likeness (QED) is 0.137. The number of nitro benzene ring substituents is 1. The van der Waals surface area contributed by atoms with Crippen LogP contribution >= 0.6 is 23.1 Å². The molecule has 2 aromatic carbocycles. The SMILES string of the molecule is C=CCn1c(SCC(=O)Nc2cccc([N+](=O)[O-])c2)nnc1-c1csc(C)c1-c1ccccc1. The van der Waals surface area contributed by atoms with Crippen molar-refractivity contribution in [3.63, 3.8) is 0 Å². The van der Waals surface area contributed by atoms with Gasteiger partial charge < -0.3 is 5.32 Å². The van der Waals surface area contributed by atoms with Crippen LogP contribution in [0.25, 0.3) is 22.5 Å². The second-order valence-electron chi connectivity index (χ2n) is 7.30. The monoisotopic (exact) mass is 491 g/mol. The lowest BCUT2D eigenvalue weighted by Crippen LogP contribution is -2.14. The smallest absolute Gasteiger partial charge is 0.271 e. The van der Waals surface area contributed by atoms with Crippen molar-refractivity contribution < 1.29 is 9.72 Å². The number of rotatable bonds is 9. The first-order valence-electron chi connectivity index (χ1n) is 10.3. The molecule has 4 rings (SSSR count). The van der Waals surface area contributed by atoms with Gasteiger partial charge in [-0.05, 0) is 18.6 Å². The molecule has 4 aromatic rings. The number of anilines is 1. The van der Waals surface area contributed by atoms with E-state index in [4.69, 9.17) is 0 Å². The van der Waals surface area contributed by atoms with Crippen LogP contribution in [0.2, 0.25) is 0 Å². The molecule has 0 aliphatic carbocycles. The van der Waals surface area contributed by atoms with E-state index < -0.39 is 4.92 Å². The van der Waals surface area contributed by atoms with Gasteiger partial charge in [-0.25, -0.2) is 0 Å². The Bertz CT molecular complexity index is 1350. The minimum atomic E-state index is -0.500. The zero-order chi connectivity index (χ0) is 24.1. The van der Waals surface area contributed by atoms with Gasteiger partial charge in [-0.1, -0.05) is 54.2 Å². The van der Waals surface area contributed by atoms with Gasteiger partial charge in [0.2, 0.25) is 5.91 Å². The molecule has 1 amide bonds. The summed E-state index contributed by atoms with van der Waals surface area (Å²) in [6, 6.07) is 16.0. The summed E-state index contributed by atoms with van der Waals surface area (Å²) in [6.45, 7) is 6.42. The second kappa shape index (κ2) is 10.4. The van der Waals surface area contributed by atoms with Crippen LogP contribution in [0.5, 0.6) is 0 Å². The molecule has 34 heavy (non-hydrogen) atoms. The first-order chi connectivity index (χ1) is 16.5. The average Bonchev–Trinajstić information content (AvgIpc) is 3.41. The highest BCUT2D eigenvalue weighted by Gasteiger charge is 2.20. The molecule has 0 spiro atoms. The van der Waals surface area contributed by atoms with Crippen molar-refractivity contribution in [3.8, 4) is 22.5 Å². The summed E-state index contributed by atoms with van der Waals surface area (Å²) in [6.07, 6.45) is 1.77. The molecule has 10 heteroatoms. The number of non-ortho nitro benzene ring substituents is 1. The molecule has 0 atom stereocenters. The molecule has 1 N–H and O–H groups in total. The lowest BCUT2D eigenvalue weighted by atomic mass is 10.0. The van der Waals surface area contributed by atoms with Crippen LogP contribution in [-0.4, -0.2) is 31.3 Å². The molecule has 2 aromatic heterocycles. The van der Waals surface area contributed by atoms with E-state index in [1.165, 1.54) is 34.8 Å². The molecular formula is C24H21N5O3S2. The molecule has 172 valence electrons. The van der Waals surface area contributed by atoms with Crippen LogP contribution in [0.1, 0.15) is 4.88 Å². The predicted octanol–water partition coefficient (Wildman–Crippen LogP) is 5.81. The van der Waals surface area contributed by atoms with E-state index in [0.717, 1.165) is 16.7 Å². The molecule has 0 aliphatic heterocycles. The zero-order valence-corrected chi connectivity index (χ0v) is 19.9. The van der Waals surface area contributed by atoms with E-state index in [-0.39, 0.29) is 17.3 Å². The summed E-state index contributed by atoms with van der Waals surface area (Å²) in [5.74, 6) is 0.493. The van der Waals surface area contributed by atoms with E-state index in [9.17, 15) is 14.9 Å². The van der Waals surface area contributed by atoms with Crippen molar-refractivity contribution in [2.24, 2.45) is 0 Å². The number of aryl methyl sites for hydroxylation is 1. The maximum atomic E-state index is 12.5.